The van der Waals surface area contributed by atoms with Crippen LogP contribution < -0.4 is 142 Å². The Bertz CT molecular complexity index is 3930. The molecule has 0 fully saturated rings. The van der Waals surface area contributed by atoms with E-state index in [9.17, 15) is 0 Å². The molecule has 1 nitrogen and oxygen atoms in total. The lowest BCUT2D eigenvalue weighted by molar-refractivity contribution is 0.675. The Hall–Kier alpha value is -3.97. The molecule has 0 aliphatic heterocycles. The third-order valence-electron chi connectivity index (χ3n) is 13.4. The van der Waals surface area contributed by atoms with E-state index in [1.54, 1.807) is 0 Å². The van der Waals surface area contributed by atoms with Gasteiger partial charge in [0.1, 0.15) is 215 Å². The highest BCUT2D eigenvalue weighted by molar-refractivity contribution is 6.77. The molecule has 0 saturated carbocycles. The topological polar surface area (TPSA) is 13.1 Å². The standard InChI is InChI=1S/C42B26O/c43-15-3-2(9-16(44)13-14-28(56)36(64)38(66)40(68)42(14)69-41(13)39(67)27(9)55)7-5(19(47)30(58)31(59)20(7)48)1(6-8-10(23(51)29(57)18(6)46)24(52)33(61)32(60)21(8)49)4(3)17(45)22(50)11(15)12-25(53)34(62)37(65)35(63)26(12)54. The van der Waals surface area contributed by atoms with Crippen molar-refractivity contribution in [3.8, 4) is 33.4 Å². The Labute approximate surface area is 435 Å². The van der Waals surface area contributed by atoms with Gasteiger partial charge in [-0.15, -0.1) is 54.6 Å². The molecule has 1 aromatic heterocycles. The molecule has 8 aromatic carbocycles. The Morgan fingerprint density at radius 2 is 0.319 bits per heavy atom. The van der Waals surface area contributed by atoms with Gasteiger partial charge in [-0.3, -0.25) is 0 Å². The summed E-state index contributed by atoms with van der Waals surface area (Å²) in [6.07, 6.45) is 0. The van der Waals surface area contributed by atoms with Crippen LogP contribution in [-0.4, -0.2) is 204 Å². The highest BCUT2D eigenvalue weighted by atomic mass is 16.3. The fraction of sp³-hybridized carbons (Fsp3) is 0. The van der Waals surface area contributed by atoms with Gasteiger partial charge in [0.2, 0.25) is 0 Å². The monoisotopic (exact) mass is 806 g/mol. The Balaban J connectivity index is 1.72. The minimum absolute atomic E-state index is 0.0154. The predicted molar refractivity (Wildman–Crippen MR) is 323 cm³/mol. The summed E-state index contributed by atoms with van der Waals surface area (Å²) >= 11 is 0. The van der Waals surface area contributed by atoms with E-state index in [-0.39, 0.29) is 230 Å². The van der Waals surface area contributed by atoms with Crippen molar-refractivity contribution >= 4 is 400 Å². The average molecular weight is 802 g/mol. The molecule has 0 saturated heterocycles. The second-order valence-corrected chi connectivity index (χ2v) is 16.8. The molecule has 0 atom stereocenters. The van der Waals surface area contributed by atoms with Crippen molar-refractivity contribution in [2.75, 3.05) is 0 Å². The molecule has 52 radical (unpaired) electrons. The lowest BCUT2D eigenvalue weighted by atomic mass is 9.55. The summed E-state index contributed by atoms with van der Waals surface area (Å²) in [5, 5.41) is 0.0767. The molecule has 0 aliphatic carbocycles. The molecule has 9 rings (SSSR count). The van der Waals surface area contributed by atoms with Gasteiger partial charge in [-0.05, 0) is 65.7 Å². The second kappa shape index (κ2) is 16.8. The van der Waals surface area contributed by atoms with Gasteiger partial charge < -0.3 is 4.42 Å². The van der Waals surface area contributed by atoms with Crippen LogP contribution >= 0.6 is 0 Å². The number of hydrogen-bond acceptors (Lipinski definition) is 1. The Morgan fingerprint density at radius 1 is 0.130 bits per heavy atom. The third kappa shape index (κ3) is 6.41. The quantitative estimate of drug-likeness (QED) is 0.128. The van der Waals surface area contributed by atoms with E-state index in [1.165, 1.54) is 0 Å². The molecule has 0 bridgehead atoms. The van der Waals surface area contributed by atoms with E-state index in [1.807, 2.05) is 0 Å². The zero-order valence-electron chi connectivity index (χ0n) is 36.4. The van der Waals surface area contributed by atoms with Crippen molar-refractivity contribution in [3.05, 3.63) is 0 Å². The highest BCUT2D eigenvalue weighted by Gasteiger charge is 2.32. The lowest BCUT2D eigenvalue weighted by Gasteiger charge is -2.33. The number of benzene rings is 8. The van der Waals surface area contributed by atoms with Crippen molar-refractivity contribution in [3.63, 3.8) is 0 Å². The van der Waals surface area contributed by atoms with Crippen molar-refractivity contribution in [1.29, 1.82) is 0 Å². The molecule has 0 N–H and O–H groups in total. The molecular formula is C42B26O. The van der Waals surface area contributed by atoms with Gasteiger partial charge in [0.15, 0.2) is 0 Å². The number of rotatable bonds is 3. The van der Waals surface area contributed by atoms with Crippen LogP contribution in [-0.2, 0) is 0 Å². The lowest BCUT2D eigenvalue weighted by Crippen LogP contribution is -2.56. The SMILES string of the molecule is [B]c1c([B])c([B])c(-c2c([B])c([B])c3c(-c4c([B])c([B])c([B])c5c([B])c([B])c([B])c([B])c45)c4c([B])c([B])c([B])c([B])c4c(-c4c([B])c([B])c5oc6c([B])c([B])c([B])c([B])c6c5c4[B])c3c2[B])c([B])c1[B]. The molecule has 0 amide bonds. The van der Waals surface area contributed by atoms with Gasteiger partial charge in [0.25, 0.3) is 0 Å². The highest BCUT2D eigenvalue weighted by Crippen LogP contribution is 2.42. The summed E-state index contributed by atoms with van der Waals surface area (Å²) in [4.78, 5) is 0. The zero-order valence-corrected chi connectivity index (χ0v) is 36.4. The number of hydrogen-bond donors (Lipinski definition) is 0. The van der Waals surface area contributed by atoms with Crippen LogP contribution in [0.3, 0.4) is 0 Å². The fourth-order valence-electron chi connectivity index (χ4n) is 9.66. The molecule has 9 aromatic rings. The van der Waals surface area contributed by atoms with Crippen molar-refractivity contribution in [1.82, 2.24) is 0 Å². The van der Waals surface area contributed by atoms with Crippen LogP contribution in [0.4, 0.5) is 0 Å². The van der Waals surface area contributed by atoms with Crippen LogP contribution in [0.5, 0.6) is 0 Å². The smallest absolute Gasteiger partial charge is 0.127 e. The summed E-state index contributed by atoms with van der Waals surface area (Å²) in [6.45, 7) is 0. The van der Waals surface area contributed by atoms with Crippen LogP contribution in [0.15, 0.2) is 4.42 Å². The molecule has 27 heteroatoms. The fourth-order valence-corrected chi connectivity index (χ4v) is 9.66. The summed E-state index contributed by atoms with van der Waals surface area (Å²) in [6, 6.07) is 0. The van der Waals surface area contributed by atoms with Gasteiger partial charge >= 0.3 is 0 Å². The molecule has 0 unspecified atom stereocenters. The summed E-state index contributed by atoms with van der Waals surface area (Å²) in [5.74, 6) is 0. The maximum Gasteiger partial charge on any atom is 0.127 e. The van der Waals surface area contributed by atoms with Crippen LogP contribution in [0.25, 0.3) is 87.6 Å². The van der Waals surface area contributed by atoms with E-state index < -0.39 is 0 Å². The molecule has 1 heterocycles. The van der Waals surface area contributed by atoms with Crippen LogP contribution in [0, 0.1) is 0 Å². The minimum atomic E-state index is -0.258. The molecular weight excluding hydrogens is 802 g/mol. The molecule has 69 heavy (non-hydrogen) atoms. The average Bonchev–Trinajstić information content (AvgIpc) is 3.73. The van der Waals surface area contributed by atoms with Crippen molar-refractivity contribution in [2.24, 2.45) is 0 Å². The van der Waals surface area contributed by atoms with Gasteiger partial charge in [-0.2, -0.15) is 0 Å². The van der Waals surface area contributed by atoms with Gasteiger partial charge in [0, 0.05) is 10.8 Å². The van der Waals surface area contributed by atoms with E-state index in [2.05, 4.69) is 0 Å². The Kier molecular flexibility index (Phi) is 12.2. The van der Waals surface area contributed by atoms with Gasteiger partial charge in [0.05, 0.1) is 0 Å². The van der Waals surface area contributed by atoms with Crippen LogP contribution in [0.1, 0.15) is 0 Å². The van der Waals surface area contributed by atoms with Gasteiger partial charge in [-0.1, -0.05) is 87.4 Å². The Morgan fingerprint density at radius 3 is 0.768 bits per heavy atom. The minimum Gasteiger partial charge on any atom is -0.457 e. The summed E-state index contributed by atoms with van der Waals surface area (Å²) < 4.78 is 6.21. The first-order valence-electron chi connectivity index (χ1n) is 20.2. The molecule has 0 spiro atoms. The maximum absolute atomic E-state index is 7.49. The summed E-state index contributed by atoms with van der Waals surface area (Å²) in [7, 11) is 176. The number of furan rings is 1. The van der Waals surface area contributed by atoms with E-state index >= 15 is 0 Å². The largest absolute Gasteiger partial charge is 0.457 e. The van der Waals surface area contributed by atoms with Crippen molar-refractivity contribution < 1.29 is 4.42 Å². The first-order valence-corrected chi connectivity index (χ1v) is 20.2. The first-order chi connectivity index (χ1) is 32.2. The predicted octanol–water partition coefficient (Wildman–Crippen LogP) is -19.3. The van der Waals surface area contributed by atoms with Crippen LogP contribution in [0.2, 0.25) is 0 Å². The van der Waals surface area contributed by atoms with Gasteiger partial charge in [-0.25, -0.2) is 0 Å². The molecule has 0 aliphatic rings. The van der Waals surface area contributed by atoms with E-state index in [0.29, 0.717) is 0 Å². The normalized spacial score (nSPS) is 11.8. The zero-order chi connectivity index (χ0) is 51.0. The maximum atomic E-state index is 7.49. The number of fused-ring (bicyclic) bond motifs is 6. The summed E-state index contributed by atoms with van der Waals surface area (Å²) in [5.41, 5.74) is -4.70. The van der Waals surface area contributed by atoms with E-state index in [4.69, 9.17) is 208 Å². The van der Waals surface area contributed by atoms with Crippen molar-refractivity contribution in [2.45, 2.75) is 0 Å². The first kappa shape index (κ1) is 50.0. The van der Waals surface area contributed by atoms with E-state index in [0.717, 1.165) is 0 Å². The third-order valence-corrected chi connectivity index (χ3v) is 13.4. The second-order valence-electron chi connectivity index (χ2n) is 16.8. The molecule has 252 valence electrons.